The number of rotatable bonds is 22. The van der Waals surface area contributed by atoms with Crippen molar-refractivity contribution in [3.63, 3.8) is 0 Å². The Bertz CT molecular complexity index is 2550. The van der Waals surface area contributed by atoms with Gasteiger partial charge in [0.15, 0.2) is 0 Å². The van der Waals surface area contributed by atoms with Crippen molar-refractivity contribution in [1.82, 2.24) is 20.9 Å². The number of hydrogen-bond acceptors (Lipinski definition) is 11. The summed E-state index contributed by atoms with van der Waals surface area (Å²) in [6.07, 6.45) is 0.0490. The molecule has 4 aromatic rings. The molecule has 0 unspecified atom stereocenters. The number of fused-ring (bicyclic) bond motifs is 1. The van der Waals surface area contributed by atoms with E-state index in [1.807, 2.05) is 72.8 Å². The molecule has 1 heterocycles. The highest BCUT2D eigenvalue weighted by atomic mass is 31.2. The van der Waals surface area contributed by atoms with Crippen LogP contribution in [0.1, 0.15) is 117 Å². The number of carbonyl (C=O) groups excluding carboxylic acids is 6. The quantitative estimate of drug-likeness (QED) is 0.0332. The first kappa shape index (κ1) is 57.8. The maximum atomic E-state index is 14.8. The van der Waals surface area contributed by atoms with Crippen LogP contribution >= 0.6 is 7.60 Å². The van der Waals surface area contributed by atoms with Gasteiger partial charge in [-0.1, -0.05) is 97.1 Å². The molecule has 0 spiro atoms. The maximum absolute atomic E-state index is 14.8. The smallest absolute Gasteiger partial charge is 0.409 e. The third-order valence-electron chi connectivity index (χ3n) is 11.9. The van der Waals surface area contributed by atoms with Gasteiger partial charge in [0.1, 0.15) is 17.2 Å². The highest BCUT2D eigenvalue weighted by Crippen LogP contribution is 2.57. The first-order valence-electron chi connectivity index (χ1n) is 25.1. The molecule has 4 aromatic carbocycles. The largest absolute Gasteiger partial charge is 0.460 e. The van der Waals surface area contributed by atoms with E-state index in [0.29, 0.717) is 30.4 Å². The molecule has 5 rings (SSSR count). The van der Waals surface area contributed by atoms with E-state index in [0.717, 1.165) is 21.9 Å². The number of amides is 5. The Kier molecular flexibility index (Phi) is 20.0. The number of aryl methyl sites for hydroxylation is 1. The van der Waals surface area contributed by atoms with Crippen molar-refractivity contribution in [2.24, 2.45) is 11.7 Å². The highest BCUT2D eigenvalue weighted by Gasteiger charge is 2.46. The summed E-state index contributed by atoms with van der Waals surface area (Å²) in [6.45, 7) is 16.3. The van der Waals surface area contributed by atoms with Crippen LogP contribution in [0.3, 0.4) is 0 Å². The van der Waals surface area contributed by atoms with Crippen LogP contribution in [-0.4, -0.2) is 95.2 Å². The number of primary amides is 1. The van der Waals surface area contributed by atoms with Gasteiger partial charge in [0.2, 0.25) is 23.6 Å². The molecule has 73 heavy (non-hydrogen) atoms. The van der Waals surface area contributed by atoms with Gasteiger partial charge >= 0.3 is 19.7 Å². The SMILES string of the molecule is CC(C)(C)OC(=O)C[C@@H](Cc1ccc(CP(=O)(OC(C)(C)C)OC(C)(C)C)cc1)C(=O)NC1(C(=O)N[C@@H](CC(N)=O)C(=O)NCCCc2cccc3ccccc23)CCN(C(=O)OCCc2ccccc2)CC1. The topological polar surface area (TPSA) is 222 Å². The number of piperidine rings is 1. The fraction of sp³-hybridized carbons (Fsp3) is 0.500. The van der Waals surface area contributed by atoms with Crippen LogP contribution in [0.15, 0.2) is 97.1 Å². The Morgan fingerprint density at radius 3 is 1.92 bits per heavy atom. The molecule has 1 aliphatic rings. The Morgan fingerprint density at radius 1 is 0.699 bits per heavy atom. The summed E-state index contributed by atoms with van der Waals surface area (Å²) >= 11 is 0. The zero-order valence-electron chi connectivity index (χ0n) is 44.0. The fourth-order valence-electron chi connectivity index (χ4n) is 8.69. The first-order valence-corrected chi connectivity index (χ1v) is 26.8. The van der Waals surface area contributed by atoms with Gasteiger partial charge in [-0.25, -0.2) is 4.79 Å². The number of benzene rings is 4. The van der Waals surface area contributed by atoms with Crippen LogP contribution in [0.5, 0.6) is 0 Å². The Morgan fingerprint density at radius 2 is 1.30 bits per heavy atom. The van der Waals surface area contributed by atoms with Crippen LogP contribution in [0.4, 0.5) is 4.79 Å². The minimum absolute atomic E-state index is 0.0151. The zero-order valence-corrected chi connectivity index (χ0v) is 44.9. The third-order valence-corrected chi connectivity index (χ3v) is 14.3. The van der Waals surface area contributed by atoms with Crippen molar-refractivity contribution in [1.29, 1.82) is 0 Å². The Labute approximate surface area is 430 Å². The van der Waals surface area contributed by atoms with E-state index in [1.165, 1.54) is 4.90 Å². The molecule has 0 radical (unpaired) electrons. The second kappa shape index (κ2) is 25.2. The van der Waals surface area contributed by atoms with E-state index in [-0.39, 0.29) is 58.1 Å². The molecular formula is C56H76N5O11P. The number of likely N-dealkylation sites (tertiary alicyclic amines) is 1. The Hall–Kier alpha value is -6.09. The lowest BCUT2D eigenvalue weighted by Gasteiger charge is -2.41. The van der Waals surface area contributed by atoms with Crippen molar-refractivity contribution >= 4 is 54.1 Å². The van der Waals surface area contributed by atoms with Gasteiger partial charge in [-0.2, -0.15) is 0 Å². The summed E-state index contributed by atoms with van der Waals surface area (Å²) < 4.78 is 37.4. The molecule has 2 atom stereocenters. The summed E-state index contributed by atoms with van der Waals surface area (Å²) in [5, 5.41) is 10.7. The summed E-state index contributed by atoms with van der Waals surface area (Å²) in [5.41, 5.74) is 4.95. The zero-order chi connectivity index (χ0) is 53.6. The molecule has 396 valence electrons. The normalized spacial score (nSPS) is 14.9. The molecule has 1 fully saturated rings. The standard InChI is InChI=1S/C56H76N5O11P/c1-53(2,3)70-48(63)36-44(35-40-24-26-41(27-25-40)38-73(68,71-54(4,5)6)72-55(7,8)9)49(64)60-56(29-32-61(33-30-56)52(67)69-34-28-39-17-11-10-12-18-39)51(66)59-46(37-47(57)62)50(65)58-31-16-22-43-21-15-20-42-19-13-14-23-45(42)43/h10-15,17-21,23-27,44,46H,16,22,28-38H2,1-9H3,(H2,57,62)(H,58,65)(H,59,66)(H,60,64)/t44-,46+/m1/s1. The monoisotopic (exact) mass is 1030 g/mol. The van der Waals surface area contributed by atoms with Gasteiger partial charge in [0.05, 0.1) is 42.7 Å². The van der Waals surface area contributed by atoms with E-state index in [1.54, 1.807) is 86.6 Å². The lowest BCUT2D eigenvalue weighted by molar-refractivity contribution is -0.157. The number of nitrogens with zero attached hydrogens (tertiary/aromatic N) is 1. The minimum atomic E-state index is -3.65. The number of nitrogens with two attached hydrogens (primary N) is 1. The van der Waals surface area contributed by atoms with Gasteiger partial charge in [0, 0.05) is 26.1 Å². The highest BCUT2D eigenvalue weighted by molar-refractivity contribution is 7.53. The van der Waals surface area contributed by atoms with E-state index < -0.39 is 84.0 Å². The average Bonchev–Trinajstić information content (AvgIpc) is 3.29. The molecule has 5 amide bonds. The predicted molar refractivity (Wildman–Crippen MR) is 281 cm³/mol. The van der Waals surface area contributed by atoms with Gasteiger partial charge < -0.3 is 45.1 Å². The molecule has 0 saturated carbocycles. The Balaban J connectivity index is 1.37. The molecule has 17 heteroatoms. The van der Waals surface area contributed by atoms with E-state index >= 15 is 0 Å². The molecule has 0 aliphatic carbocycles. The second-order valence-electron chi connectivity index (χ2n) is 21.8. The first-order chi connectivity index (χ1) is 34.2. The lowest BCUT2D eigenvalue weighted by atomic mass is 9.84. The van der Waals surface area contributed by atoms with Gasteiger partial charge in [-0.05, 0) is 127 Å². The molecule has 0 aromatic heterocycles. The van der Waals surface area contributed by atoms with Crippen molar-refractivity contribution < 1.29 is 51.9 Å². The van der Waals surface area contributed by atoms with E-state index in [9.17, 15) is 33.3 Å². The molecule has 1 saturated heterocycles. The fourth-order valence-corrected chi connectivity index (χ4v) is 11.2. The summed E-state index contributed by atoms with van der Waals surface area (Å²) in [7, 11) is -3.65. The van der Waals surface area contributed by atoms with Crippen molar-refractivity contribution in [2.45, 2.75) is 148 Å². The number of ether oxygens (including phenoxy) is 2. The van der Waals surface area contributed by atoms with Gasteiger partial charge in [0.25, 0.3) is 0 Å². The minimum Gasteiger partial charge on any atom is -0.460 e. The number of esters is 1. The van der Waals surface area contributed by atoms with Crippen molar-refractivity contribution in [2.75, 3.05) is 26.2 Å². The second-order valence-corrected chi connectivity index (χ2v) is 23.7. The molecule has 0 bridgehead atoms. The summed E-state index contributed by atoms with van der Waals surface area (Å²) in [4.78, 5) is 84.1. The number of hydrogen-bond donors (Lipinski definition) is 4. The van der Waals surface area contributed by atoms with Gasteiger partial charge in [-0.15, -0.1) is 0 Å². The van der Waals surface area contributed by atoms with Crippen LogP contribution in [-0.2, 0) is 72.5 Å². The number of nitrogens with one attached hydrogen (secondary N) is 3. The van der Waals surface area contributed by atoms with E-state index in [2.05, 4.69) is 16.0 Å². The predicted octanol–water partition coefficient (Wildman–Crippen LogP) is 8.49. The molecule has 16 nitrogen and oxygen atoms in total. The average molecular weight is 1030 g/mol. The van der Waals surface area contributed by atoms with Crippen molar-refractivity contribution in [3.8, 4) is 0 Å². The van der Waals surface area contributed by atoms with Crippen LogP contribution in [0.2, 0.25) is 0 Å². The molecule has 1 aliphatic heterocycles. The lowest BCUT2D eigenvalue weighted by Crippen LogP contribution is -2.66. The van der Waals surface area contributed by atoms with Crippen molar-refractivity contribution in [3.05, 3.63) is 119 Å². The van der Waals surface area contributed by atoms with Crippen LogP contribution in [0.25, 0.3) is 10.8 Å². The molecular weight excluding hydrogens is 950 g/mol. The summed E-state index contributed by atoms with van der Waals surface area (Å²) in [6, 6.07) is 29.3. The maximum Gasteiger partial charge on any atom is 0.409 e. The molecule has 5 N–H and O–H groups in total. The third kappa shape index (κ3) is 19.0. The number of carbonyl (C=O) groups is 6. The van der Waals surface area contributed by atoms with E-state index in [4.69, 9.17) is 24.3 Å². The van der Waals surface area contributed by atoms with Crippen LogP contribution < -0.4 is 21.7 Å². The van der Waals surface area contributed by atoms with Crippen LogP contribution in [0, 0.1) is 5.92 Å². The van der Waals surface area contributed by atoms with Gasteiger partial charge in [-0.3, -0.25) is 28.5 Å². The summed E-state index contributed by atoms with van der Waals surface area (Å²) in [5.74, 6) is -4.61.